The second kappa shape index (κ2) is 7.64. The largest absolute Gasteiger partial charge is 0.476 e. The lowest BCUT2D eigenvalue weighted by atomic mass is 9.98. The molecule has 0 atom stereocenters. The van der Waals surface area contributed by atoms with Gasteiger partial charge in [0.25, 0.3) is 0 Å². The number of aromatic nitrogens is 2. The molecule has 0 spiro atoms. The van der Waals surface area contributed by atoms with Crippen molar-refractivity contribution in [2.45, 2.75) is 6.54 Å². The molecule has 0 unspecified atom stereocenters. The number of nitrogens with zero attached hydrogens (tertiary/aromatic N) is 3. The van der Waals surface area contributed by atoms with Crippen LogP contribution in [0.4, 0.5) is 9.18 Å². The van der Waals surface area contributed by atoms with Crippen molar-refractivity contribution in [3.8, 4) is 5.69 Å². The number of carboxylic acid groups (broad SMARTS) is 2. The lowest BCUT2D eigenvalue weighted by molar-refractivity contribution is 0.0686. The van der Waals surface area contributed by atoms with Crippen molar-refractivity contribution in [2.24, 2.45) is 0 Å². The van der Waals surface area contributed by atoms with Gasteiger partial charge in [-0.3, -0.25) is 4.90 Å². The third-order valence-electron chi connectivity index (χ3n) is 4.75. The second-order valence-corrected chi connectivity index (χ2v) is 7.17. The van der Waals surface area contributed by atoms with Crippen LogP contribution < -0.4 is 0 Å². The maximum Gasteiger partial charge on any atom is 0.407 e. The van der Waals surface area contributed by atoms with Gasteiger partial charge in [0.1, 0.15) is 5.82 Å². The standard InChI is InChI=1S/C21H15ClFN3O4/c22-14-3-7-16(8-4-14)26-19-13(9-12-1-5-15(23)6-2-12)10-25(21(29)30)11-17(19)18(24-26)20(27)28/h1-9H,10-11H2,(H,27,28)(H,29,30). The lowest BCUT2D eigenvalue weighted by Gasteiger charge is -2.27. The number of rotatable bonds is 3. The van der Waals surface area contributed by atoms with Crippen LogP contribution in [0.1, 0.15) is 27.3 Å². The van der Waals surface area contributed by atoms with E-state index < -0.39 is 17.9 Å². The number of carbonyl (C=O) groups is 2. The number of amides is 1. The molecule has 2 N–H and O–H groups in total. The van der Waals surface area contributed by atoms with E-state index in [4.69, 9.17) is 11.6 Å². The number of carboxylic acids is 1. The van der Waals surface area contributed by atoms with Gasteiger partial charge in [-0.2, -0.15) is 5.10 Å². The summed E-state index contributed by atoms with van der Waals surface area (Å²) >= 11 is 5.96. The van der Waals surface area contributed by atoms with E-state index in [-0.39, 0.29) is 18.8 Å². The smallest absolute Gasteiger partial charge is 0.407 e. The summed E-state index contributed by atoms with van der Waals surface area (Å²) in [5.74, 6) is -1.65. The molecule has 1 aliphatic heterocycles. The average Bonchev–Trinajstić information content (AvgIpc) is 3.10. The molecule has 2 heterocycles. The van der Waals surface area contributed by atoms with Crippen molar-refractivity contribution >= 4 is 35.3 Å². The van der Waals surface area contributed by atoms with Crippen LogP contribution in [0.3, 0.4) is 0 Å². The van der Waals surface area contributed by atoms with Crippen LogP contribution in [-0.4, -0.2) is 43.5 Å². The third kappa shape index (κ3) is 3.65. The van der Waals surface area contributed by atoms with E-state index in [9.17, 15) is 24.2 Å². The van der Waals surface area contributed by atoms with Crippen molar-refractivity contribution in [3.05, 3.63) is 81.9 Å². The summed E-state index contributed by atoms with van der Waals surface area (Å²) in [6.07, 6.45) is 0.522. The second-order valence-electron chi connectivity index (χ2n) is 6.73. The van der Waals surface area contributed by atoms with Gasteiger partial charge < -0.3 is 10.2 Å². The molecule has 1 aromatic heterocycles. The molecule has 0 saturated heterocycles. The molecule has 0 aliphatic carbocycles. The minimum atomic E-state index is -1.26. The molecule has 3 aromatic rings. The quantitative estimate of drug-likeness (QED) is 0.646. The average molecular weight is 428 g/mol. The molecule has 0 bridgehead atoms. The zero-order valence-corrected chi connectivity index (χ0v) is 16.2. The number of halogens is 2. The topological polar surface area (TPSA) is 95.7 Å². The van der Waals surface area contributed by atoms with Crippen molar-refractivity contribution in [2.75, 3.05) is 6.54 Å². The highest BCUT2D eigenvalue weighted by Crippen LogP contribution is 2.34. The monoisotopic (exact) mass is 427 g/mol. The van der Waals surface area contributed by atoms with Gasteiger partial charge in [-0.15, -0.1) is 0 Å². The van der Waals surface area contributed by atoms with Crippen molar-refractivity contribution in [3.63, 3.8) is 0 Å². The van der Waals surface area contributed by atoms with Gasteiger partial charge in [0.05, 0.1) is 24.5 Å². The first-order valence-corrected chi connectivity index (χ1v) is 9.27. The fraction of sp³-hybridized carbons (Fsp3) is 0.0952. The zero-order chi connectivity index (χ0) is 21.4. The van der Waals surface area contributed by atoms with Gasteiger partial charge in [-0.05, 0) is 53.6 Å². The molecular formula is C21H15ClFN3O4. The van der Waals surface area contributed by atoms with Crippen molar-refractivity contribution in [1.82, 2.24) is 14.7 Å². The molecule has 0 saturated carbocycles. The Morgan fingerprint density at radius 1 is 1.03 bits per heavy atom. The van der Waals surface area contributed by atoms with Gasteiger partial charge in [-0.25, -0.2) is 18.7 Å². The zero-order valence-electron chi connectivity index (χ0n) is 15.4. The first-order chi connectivity index (χ1) is 14.3. The summed E-state index contributed by atoms with van der Waals surface area (Å²) in [5.41, 5.74) is 2.33. The van der Waals surface area contributed by atoms with Crippen molar-refractivity contribution < 1.29 is 24.2 Å². The number of aromatic carboxylic acids is 1. The molecule has 152 valence electrons. The summed E-state index contributed by atoms with van der Waals surface area (Å²) in [4.78, 5) is 24.6. The summed E-state index contributed by atoms with van der Waals surface area (Å²) in [7, 11) is 0. The van der Waals surface area contributed by atoms with Gasteiger partial charge in [-0.1, -0.05) is 23.7 Å². The molecular weight excluding hydrogens is 413 g/mol. The number of fused-ring (bicyclic) bond motifs is 1. The van der Waals surface area contributed by atoms with E-state index in [0.29, 0.717) is 33.1 Å². The van der Waals surface area contributed by atoms with E-state index >= 15 is 0 Å². The molecule has 4 rings (SSSR count). The number of hydrogen-bond donors (Lipinski definition) is 2. The lowest BCUT2D eigenvalue weighted by Crippen LogP contribution is -2.35. The normalized spacial score (nSPS) is 14.6. The highest BCUT2D eigenvalue weighted by atomic mass is 35.5. The first kappa shape index (κ1) is 19.7. The Kier molecular flexibility index (Phi) is 5.01. The van der Waals surface area contributed by atoms with Gasteiger partial charge in [0, 0.05) is 10.6 Å². The fourth-order valence-corrected chi connectivity index (χ4v) is 3.53. The van der Waals surface area contributed by atoms with Crippen LogP contribution in [0.15, 0.2) is 48.5 Å². The Morgan fingerprint density at radius 2 is 1.70 bits per heavy atom. The van der Waals surface area contributed by atoms with Gasteiger partial charge >= 0.3 is 12.1 Å². The van der Waals surface area contributed by atoms with Crippen LogP contribution >= 0.6 is 11.6 Å². The van der Waals surface area contributed by atoms with Crippen LogP contribution in [0, 0.1) is 5.82 Å². The van der Waals surface area contributed by atoms with E-state index in [1.54, 1.807) is 42.5 Å². The Morgan fingerprint density at radius 3 is 2.30 bits per heavy atom. The highest BCUT2D eigenvalue weighted by molar-refractivity contribution is 6.30. The molecule has 2 aromatic carbocycles. The van der Waals surface area contributed by atoms with Crippen LogP contribution in [0.5, 0.6) is 0 Å². The number of hydrogen-bond acceptors (Lipinski definition) is 3. The predicted molar refractivity (Wildman–Crippen MR) is 108 cm³/mol. The molecule has 1 aliphatic rings. The minimum absolute atomic E-state index is 0.0258. The van der Waals surface area contributed by atoms with E-state index in [2.05, 4.69) is 5.10 Å². The summed E-state index contributed by atoms with van der Waals surface area (Å²) in [6.45, 7) is -0.0846. The maximum absolute atomic E-state index is 13.3. The highest BCUT2D eigenvalue weighted by Gasteiger charge is 2.33. The van der Waals surface area contributed by atoms with Crippen LogP contribution in [0.25, 0.3) is 17.3 Å². The SMILES string of the molecule is O=C(O)c1nn(-c2ccc(Cl)cc2)c2c1CN(C(=O)O)CC2=Cc1ccc(F)cc1. The molecule has 7 nitrogen and oxygen atoms in total. The molecule has 0 fully saturated rings. The van der Waals surface area contributed by atoms with Gasteiger partial charge in [0.15, 0.2) is 5.69 Å². The summed E-state index contributed by atoms with van der Waals surface area (Å²) in [5, 5.41) is 23.9. The Hall–Kier alpha value is -3.65. The van der Waals surface area contributed by atoms with Gasteiger partial charge in [0.2, 0.25) is 0 Å². The molecule has 9 heteroatoms. The fourth-order valence-electron chi connectivity index (χ4n) is 3.41. The number of benzene rings is 2. The molecule has 1 amide bonds. The van der Waals surface area contributed by atoms with E-state index in [1.807, 2.05) is 0 Å². The summed E-state index contributed by atoms with van der Waals surface area (Å²) in [6, 6.07) is 12.4. The van der Waals surface area contributed by atoms with E-state index in [0.717, 1.165) is 4.90 Å². The summed E-state index contributed by atoms with van der Waals surface area (Å²) < 4.78 is 14.8. The predicted octanol–water partition coefficient (Wildman–Crippen LogP) is 4.40. The molecule has 30 heavy (non-hydrogen) atoms. The van der Waals surface area contributed by atoms with E-state index in [1.165, 1.54) is 16.8 Å². The first-order valence-electron chi connectivity index (χ1n) is 8.89. The Labute approximate surface area is 175 Å². The van der Waals surface area contributed by atoms with Crippen LogP contribution in [-0.2, 0) is 6.54 Å². The Balaban J connectivity index is 1.95. The molecule has 0 radical (unpaired) electrons. The van der Waals surface area contributed by atoms with Crippen LogP contribution in [0.2, 0.25) is 5.02 Å². The third-order valence-corrected chi connectivity index (χ3v) is 5.01. The minimum Gasteiger partial charge on any atom is -0.476 e. The maximum atomic E-state index is 13.3. The Bertz CT molecular complexity index is 1170. The van der Waals surface area contributed by atoms with Crippen molar-refractivity contribution in [1.29, 1.82) is 0 Å².